The zero-order valence-electron chi connectivity index (χ0n) is 18.4. The molecular formula is C26H20N4O5. The van der Waals surface area contributed by atoms with E-state index < -0.39 is 17.8 Å². The molecule has 0 spiro atoms. The number of imide groups is 2. The Hall–Kier alpha value is -4.92. The Balaban J connectivity index is 1.45. The van der Waals surface area contributed by atoms with Crippen LogP contribution in [0.1, 0.15) is 11.3 Å². The lowest BCUT2D eigenvalue weighted by molar-refractivity contribution is -0.130. The second-order valence-corrected chi connectivity index (χ2v) is 7.93. The predicted molar refractivity (Wildman–Crippen MR) is 128 cm³/mol. The summed E-state index contributed by atoms with van der Waals surface area (Å²) in [5, 5.41) is 5.80. The molecule has 0 radical (unpaired) electrons. The second kappa shape index (κ2) is 9.14. The number of hydrogen-bond donors (Lipinski definition) is 2. The molecule has 2 aromatic heterocycles. The number of anilines is 1. The fourth-order valence-electron chi connectivity index (χ4n) is 3.95. The van der Waals surface area contributed by atoms with Crippen LogP contribution >= 0.6 is 0 Å². The van der Waals surface area contributed by atoms with Crippen LogP contribution in [0.5, 0.6) is 0 Å². The molecule has 2 aromatic carbocycles. The summed E-state index contributed by atoms with van der Waals surface area (Å²) in [4.78, 5) is 51.5. The average Bonchev–Trinajstić information content (AvgIpc) is 3.48. The van der Waals surface area contributed by atoms with E-state index >= 15 is 0 Å². The van der Waals surface area contributed by atoms with E-state index in [-0.39, 0.29) is 24.6 Å². The third-order valence-electron chi connectivity index (χ3n) is 5.57. The number of hydrogen-bond acceptors (Lipinski definition) is 5. The molecule has 9 nitrogen and oxygen atoms in total. The van der Waals surface area contributed by atoms with Crippen molar-refractivity contribution in [1.82, 2.24) is 14.8 Å². The molecule has 5 amide bonds. The molecular weight excluding hydrogens is 448 g/mol. The molecule has 0 unspecified atom stereocenters. The van der Waals surface area contributed by atoms with Crippen molar-refractivity contribution >= 4 is 46.4 Å². The van der Waals surface area contributed by atoms with Crippen LogP contribution < -0.4 is 10.6 Å². The zero-order chi connectivity index (χ0) is 24.4. The summed E-state index contributed by atoms with van der Waals surface area (Å²) in [6.07, 6.45) is 4.58. The van der Waals surface area contributed by atoms with Gasteiger partial charge in [0, 0.05) is 28.4 Å². The zero-order valence-corrected chi connectivity index (χ0v) is 18.4. The molecule has 0 saturated carbocycles. The Morgan fingerprint density at radius 1 is 0.971 bits per heavy atom. The number of benzene rings is 2. The summed E-state index contributed by atoms with van der Waals surface area (Å²) in [6, 6.07) is 18.9. The first-order chi connectivity index (χ1) is 17.0. The van der Waals surface area contributed by atoms with Crippen LogP contribution in [0.2, 0.25) is 0 Å². The van der Waals surface area contributed by atoms with Crippen LogP contribution in [0, 0.1) is 0 Å². The minimum absolute atomic E-state index is 0.0296. The molecule has 0 bridgehead atoms. The molecule has 9 heteroatoms. The topological polar surface area (TPSA) is 114 Å². The highest BCUT2D eigenvalue weighted by atomic mass is 16.3. The number of para-hydroxylation sites is 2. The van der Waals surface area contributed by atoms with E-state index in [0.29, 0.717) is 17.0 Å². The number of nitrogens with one attached hydrogen (secondary N) is 2. The number of barbiturate groups is 1. The highest BCUT2D eigenvalue weighted by Gasteiger charge is 2.36. The van der Waals surface area contributed by atoms with Crippen molar-refractivity contribution in [2.45, 2.75) is 13.1 Å². The Kier molecular flexibility index (Phi) is 5.72. The van der Waals surface area contributed by atoms with E-state index in [0.717, 1.165) is 15.8 Å². The van der Waals surface area contributed by atoms with Crippen molar-refractivity contribution in [1.29, 1.82) is 0 Å². The lowest BCUT2D eigenvalue weighted by atomic mass is 10.1. The minimum Gasteiger partial charge on any atom is -0.467 e. The van der Waals surface area contributed by atoms with Crippen LogP contribution in [0.4, 0.5) is 10.5 Å². The first-order valence-electron chi connectivity index (χ1n) is 10.8. The van der Waals surface area contributed by atoms with Gasteiger partial charge in [-0.05, 0) is 36.4 Å². The summed E-state index contributed by atoms with van der Waals surface area (Å²) in [5.74, 6) is -1.33. The van der Waals surface area contributed by atoms with Crippen LogP contribution in [-0.2, 0) is 27.5 Å². The molecule has 174 valence electrons. The standard InChI is InChI=1S/C26H20N4O5/c31-23(27-18-7-2-1-3-8-18)16-29-14-17(20-10-4-5-11-22(20)29)13-21-24(32)28-26(34)30(25(21)33)15-19-9-6-12-35-19/h1-14H,15-16H2,(H,27,31)(H,28,32,34). The molecule has 1 aliphatic rings. The number of aromatic nitrogens is 1. The summed E-state index contributed by atoms with van der Waals surface area (Å²) >= 11 is 0. The molecule has 5 rings (SSSR count). The lowest BCUT2D eigenvalue weighted by Gasteiger charge is -2.25. The van der Waals surface area contributed by atoms with E-state index in [2.05, 4.69) is 10.6 Å². The number of amides is 5. The van der Waals surface area contributed by atoms with Gasteiger partial charge in [0.05, 0.1) is 12.8 Å². The van der Waals surface area contributed by atoms with Crippen molar-refractivity contribution in [2.75, 3.05) is 5.32 Å². The maximum Gasteiger partial charge on any atom is 0.331 e. The maximum absolute atomic E-state index is 13.1. The third-order valence-corrected chi connectivity index (χ3v) is 5.57. The minimum atomic E-state index is -0.812. The molecule has 2 N–H and O–H groups in total. The number of nitrogens with zero attached hydrogens (tertiary/aromatic N) is 2. The van der Waals surface area contributed by atoms with Gasteiger partial charge in [-0.25, -0.2) is 4.79 Å². The number of urea groups is 1. The monoisotopic (exact) mass is 468 g/mol. The van der Waals surface area contributed by atoms with Crippen LogP contribution in [0.3, 0.4) is 0 Å². The van der Waals surface area contributed by atoms with Crippen LogP contribution in [0.15, 0.2) is 89.2 Å². The summed E-state index contributed by atoms with van der Waals surface area (Å²) in [5.41, 5.74) is 1.82. The van der Waals surface area contributed by atoms with E-state index in [4.69, 9.17) is 4.42 Å². The normalized spacial score (nSPS) is 15.0. The van der Waals surface area contributed by atoms with E-state index in [1.54, 1.807) is 35.0 Å². The van der Waals surface area contributed by atoms with Crippen molar-refractivity contribution in [3.05, 3.63) is 96.1 Å². The van der Waals surface area contributed by atoms with Gasteiger partial charge in [0.1, 0.15) is 17.9 Å². The molecule has 1 aliphatic heterocycles. The highest BCUT2D eigenvalue weighted by Crippen LogP contribution is 2.25. The first-order valence-corrected chi connectivity index (χ1v) is 10.8. The van der Waals surface area contributed by atoms with Gasteiger partial charge in [-0.15, -0.1) is 0 Å². The highest BCUT2D eigenvalue weighted by molar-refractivity contribution is 6.31. The molecule has 1 fully saturated rings. The van der Waals surface area contributed by atoms with E-state index in [1.807, 2.05) is 42.5 Å². The van der Waals surface area contributed by atoms with E-state index in [9.17, 15) is 19.2 Å². The van der Waals surface area contributed by atoms with Crippen molar-refractivity contribution < 1.29 is 23.6 Å². The van der Waals surface area contributed by atoms with Gasteiger partial charge in [-0.2, -0.15) is 0 Å². The molecule has 0 atom stereocenters. The first kappa shape index (κ1) is 21.9. The van der Waals surface area contributed by atoms with Gasteiger partial charge in [0.2, 0.25) is 5.91 Å². The number of carbonyl (C=O) groups is 4. The number of furan rings is 1. The smallest absolute Gasteiger partial charge is 0.331 e. The largest absolute Gasteiger partial charge is 0.467 e. The number of carbonyl (C=O) groups excluding carboxylic acids is 4. The Bertz CT molecular complexity index is 1470. The molecule has 3 heterocycles. The van der Waals surface area contributed by atoms with E-state index in [1.165, 1.54) is 12.3 Å². The van der Waals surface area contributed by atoms with Crippen molar-refractivity contribution in [3.63, 3.8) is 0 Å². The molecule has 35 heavy (non-hydrogen) atoms. The van der Waals surface area contributed by atoms with Gasteiger partial charge in [0.25, 0.3) is 11.8 Å². The fourth-order valence-corrected chi connectivity index (χ4v) is 3.95. The van der Waals surface area contributed by atoms with Gasteiger partial charge >= 0.3 is 6.03 Å². The molecule has 0 aliphatic carbocycles. The maximum atomic E-state index is 13.1. The fraction of sp³-hybridized carbons (Fsp3) is 0.0769. The second-order valence-electron chi connectivity index (χ2n) is 7.93. The van der Waals surface area contributed by atoms with Gasteiger partial charge in [-0.1, -0.05) is 36.4 Å². The van der Waals surface area contributed by atoms with Gasteiger partial charge < -0.3 is 14.3 Å². The predicted octanol–water partition coefficient (Wildman–Crippen LogP) is 3.54. The molecule has 4 aromatic rings. The summed E-state index contributed by atoms with van der Waals surface area (Å²) in [6.45, 7) is -0.0778. The average molecular weight is 468 g/mol. The summed E-state index contributed by atoms with van der Waals surface area (Å²) in [7, 11) is 0. The molecule has 1 saturated heterocycles. The Labute approximate surface area is 199 Å². The van der Waals surface area contributed by atoms with Gasteiger partial charge in [-0.3, -0.25) is 24.6 Å². The van der Waals surface area contributed by atoms with Crippen molar-refractivity contribution in [3.8, 4) is 0 Å². The van der Waals surface area contributed by atoms with Crippen LogP contribution in [-0.4, -0.2) is 33.2 Å². The van der Waals surface area contributed by atoms with Crippen molar-refractivity contribution in [2.24, 2.45) is 0 Å². The quantitative estimate of drug-likeness (QED) is 0.332. The number of rotatable bonds is 6. The lowest BCUT2D eigenvalue weighted by Crippen LogP contribution is -2.53. The SMILES string of the molecule is O=C(Cn1cc(C=C2C(=O)NC(=O)N(Cc3ccco3)C2=O)c2ccccc21)Nc1ccccc1. The summed E-state index contributed by atoms with van der Waals surface area (Å²) < 4.78 is 6.98. The third kappa shape index (κ3) is 4.47. The Morgan fingerprint density at radius 3 is 2.51 bits per heavy atom. The number of fused-ring (bicyclic) bond motifs is 1. The Morgan fingerprint density at radius 2 is 1.74 bits per heavy atom. The van der Waals surface area contributed by atoms with Gasteiger partial charge in [0.15, 0.2) is 0 Å². The van der Waals surface area contributed by atoms with Crippen LogP contribution in [0.25, 0.3) is 17.0 Å².